The van der Waals surface area contributed by atoms with Crippen LogP contribution in [-0.4, -0.2) is 29.0 Å². The maximum atomic E-state index is 11.8. The second-order valence-corrected chi connectivity index (χ2v) is 4.54. The Balaban J connectivity index is 1.95. The van der Waals surface area contributed by atoms with Crippen molar-refractivity contribution in [1.82, 2.24) is 4.57 Å². The molecule has 7 nitrogen and oxygen atoms in total. The number of amides is 2. The van der Waals surface area contributed by atoms with Crippen molar-refractivity contribution in [3.05, 3.63) is 53.9 Å². The number of hydrogen-bond acceptors (Lipinski definition) is 4. The fourth-order valence-corrected chi connectivity index (χ4v) is 1.87. The quantitative estimate of drug-likeness (QED) is 0.801. The normalized spacial score (nSPS) is 10.0. The van der Waals surface area contributed by atoms with Gasteiger partial charge in [0.05, 0.1) is 11.3 Å². The van der Waals surface area contributed by atoms with Gasteiger partial charge in [-0.3, -0.25) is 9.59 Å². The van der Waals surface area contributed by atoms with Crippen LogP contribution < -0.4 is 11.1 Å². The molecular formula is C15H15N3O4. The third-order valence-corrected chi connectivity index (χ3v) is 2.95. The summed E-state index contributed by atoms with van der Waals surface area (Å²) in [5, 5.41) is 2.48. The number of carbonyl (C=O) groups is 3. The van der Waals surface area contributed by atoms with E-state index in [1.807, 2.05) is 0 Å². The zero-order chi connectivity index (χ0) is 16.1. The van der Waals surface area contributed by atoms with Crippen molar-refractivity contribution < 1.29 is 19.1 Å². The summed E-state index contributed by atoms with van der Waals surface area (Å²) in [6, 6.07) is 9.59. The van der Waals surface area contributed by atoms with Crippen LogP contribution in [-0.2, 0) is 16.6 Å². The molecule has 0 bridgehead atoms. The summed E-state index contributed by atoms with van der Waals surface area (Å²) in [5.41, 5.74) is 6.01. The van der Waals surface area contributed by atoms with Gasteiger partial charge in [-0.05, 0) is 24.3 Å². The Morgan fingerprint density at radius 3 is 2.55 bits per heavy atom. The molecule has 0 atom stereocenters. The number of esters is 1. The van der Waals surface area contributed by atoms with Gasteiger partial charge in [-0.25, -0.2) is 4.79 Å². The zero-order valence-corrected chi connectivity index (χ0v) is 11.9. The lowest BCUT2D eigenvalue weighted by atomic mass is 10.1. The van der Waals surface area contributed by atoms with E-state index in [0.717, 1.165) is 0 Å². The molecule has 0 aliphatic rings. The number of hydrogen-bond donors (Lipinski definition) is 2. The molecule has 2 rings (SSSR count). The van der Waals surface area contributed by atoms with Crippen molar-refractivity contribution in [1.29, 1.82) is 0 Å². The van der Waals surface area contributed by atoms with Crippen molar-refractivity contribution in [3.63, 3.8) is 0 Å². The van der Waals surface area contributed by atoms with E-state index in [4.69, 9.17) is 10.5 Å². The van der Waals surface area contributed by atoms with Crippen LogP contribution in [0.3, 0.4) is 0 Å². The Hall–Kier alpha value is -3.09. The standard InChI is InChI=1S/C15H15N3O4/c1-18-8-4-7-12(18)15(21)22-9-13(19)17-11-6-3-2-5-10(11)14(16)20/h2-8H,9H2,1H3,(H2,16,20)(H,17,19). The topological polar surface area (TPSA) is 103 Å². The lowest BCUT2D eigenvalue weighted by Gasteiger charge is -2.09. The van der Waals surface area contributed by atoms with Crippen molar-refractivity contribution in [2.45, 2.75) is 0 Å². The van der Waals surface area contributed by atoms with Gasteiger partial charge in [-0.15, -0.1) is 0 Å². The Morgan fingerprint density at radius 1 is 1.18 bits per heavy atom. The Labute approximate surface area is 126 Å². The molecule has 0 saturated carbocycles. The molecular weight excluding hydrogens is 286 g/mol. The largest absolute Gasteiger partial charge is 0.451 e. The van der Waals surface area contributed by atoms with E-state index in [2.05, 4.69) is 5.32 Å². The maximum Gasteiger partial charge on any atom is 0.355 e. The van der Waals surface area contributed by atoms with Gasteiger partial charge in [0, 0.05) is 13.2 Å². The highest BCUT2D eigenvalue weighted by atomic mass is 16.5. The summed E-state index contributed by atoms with van der Waals surface area (Å²) in [6.45, 7) is -0.461. The monoisotopic (exact) mass is 301 g/mol. The van der Waals surface area contributed by atoms with E-state index >= 15 is 0 Å². The molecule has 2 aromatic rings. The number of anilines is 1. The first-order valence-electron chi connectivity index (χ1n) is 6.46. The predicted octanol–water partition coefficient (Wildman–Crippen LogP) is 0.920. The molecule has 0 spiro atoms. The zero-order valence-electron chi connectivity index (χ0n) is 11.9. The average molecular weight is 301 g/mol. The second kappa shape index (κ2) is 6.57. The number of ether oxygens (including phenoxy) is 1. The van der Waals surface area contributed by atoms with Gasteiger partial charge in [0.15, 0.2) is 6.61 Å². The van der Waals surface area contributed by atoms with Crippen LogP contribution in [0.25, 0.3) is 0 Å². The molecule has 0 unspecified atom stereocenters. The van der Waals surface area contributed by atoms with Crippen LogP contribution in [0.5, 0.6) is 0 Å². The number of benzene rings is 1. The van der Waals surface area contributed by atoms with E-state index in [0.29, 0.717) is 5.69 Å². The molecule has 114 valence electrons. The Morgan fingerprint density at radius 2 is 1.91 bits per heavy atom. The van der Waals surface area contributed by atoms with Gasteiger partial charge in [0.1, 0.15) is 5.69 Å². The minimum absolute atomic E-state index is 0.185. The fourth-order valence-electron chi connectivity index (χ4n) is 1.87. The minimum atomic E-state index is -0.656. The summed E-state index contributed by atoms with van der Waals surface area (Å²) < 4.78 is 6.50. The van der Waals surface area contributed by atoms with Crippen LogP contribution in [0.1, 0.15) is 20.8 Å². The van der Waals surface area contributed by atoms with Gasteiger partial charge in [-0.2, -0.15) is 0 Å². The van der Waals surface area contributed by atoms with Gasteiger partial charge in [0.25, 0.3) is 11.8 Å². The van der Waals surface area contributed by atoms with Gasteiger partial charge in [0.2, 0.25) is 0 Å². The van der Waals surface area contributed by atoms with Crippen molar-refractivity contribution in [2.24, 2.45) is 12.8 Å². The van der Waals surface area contributed by atoms with Crippen LogP contribution in [0.4, 0.5) is 5.69 Å². The second-order valence-electron chi connectivity index (χ2n) is 4.54. The molecule has 0 saturated heterocycles. The number of carbonyl (C=O) groups excluding carboxylic acids is 3. The molecule has 1 heterocycles. The molecule has 0 aliphatic carbocycles. The first-order valence-corrected chi connectivity index (χ1v) is 6.46. The first kappa shape index (κ1) is 15.3. The number of nitrogens with two attached hydrogens (primary N) is 1. The first-order chi connectivity index (χ1) is 10.5. The molecule has 2 amide bonds. The predicted molar refractivity (Wildman–Crippen MR) is 79.3 cm³/mol. The number of nitrogens with one attached hydrogen (secondary N) is 1. The Bertz CT molecular complexity index is 721. The number of nitrogens with zero attached hydrogens (tertiary/aromatic N) is 1. The van der Waals surface area contributed by atoms with Crippen LogP contribution >= 0.6 is 0 Å². The van der Waals surface area contributed by atoms with E-state index in [9.17, 15) is 14.4 Å². The van der Waals surface area contributed by atoms with Crippen LogP contribution in [0.2, 0.25) is 0 Å². The molecule has 1 aromatic carbocycles. The average Bonchev–Trinajstić information content (AvgIpc) is 2.91. The highest BCUT2D eigenvalue weighted by molar-refractivity contribution is 6.03. The van der Waals surface area contributed by atoms with Crippen LogP contribution in [0.15, 0.2) is 42.6 Å². The SMILES string of the molecule is Cn1cccc1C(=O)OCC(=O)Nc1ccccc1C(N)=O. The highest BCUT2D eigenvalue weighted by Crippen LogP contribution is 2.14. The summed E-state index contributed by atoms with van der Waals surface area (Å²) in [6.07, 6.45) is 1.69. The molecule has 3 N–H and O–H groups in total. The maximum absolute atomic E-state index is 11.8. The Kier molecular flexibility index (Phi) is 4.57. The summed E-state index contributed by atoms with van der Waals surface area (Å²) >= 11 is 0. The number of aryl methyl sites for hydroxylation is 1. The number of aromatic nitrogens is 1. The highest BCUT2D eigenvalue weighted by Gasteiger charge is 2.14. The number of para-hydroxylation sites is 1. The summed E-state index contributed by atoms with van der Waals surface area (Å²) in [4.78, 5) is 34.8. The summed E-state index contributed by atoms with van der Waals surface area (Å²) in [7, 11) is 1.69. The van der Waals surface area contributed by atoms with Gasteiger partial charge >= 0.3 is 5.97 Å². The van der Waals surface area contributed by atoms with E-state index in [-0.39, 0.29) is 11.3 Å². The van der Waals surface area contributed by atoms with Gasteiger partial charge < -0.3 is 20.4 Å². The fraction of sp³-hybridized carbons (Fsp3) is 0.133. The summed E-state index contributed by atoms with van der Waals surface area (Å²) in [5.74, 6) is -1.82. The number of rotatable bonds is 5. The molecule has 0 radical (unpaired) electrons. The smallest absolute Gasteiger partial charge is 0.355 e. The lowest BCUT2D eigenvalue weighted by Crippen LogP contribution is -2.23. The lowest BCUT2D eigenvalue weighted by molar-refractivity contribution is -0.119. The molecule has 0 aliphatic heterocycles. The van der Waals surface area contributed by atoms with E-state index < -0.39 is 24.4 Å². The van der Waals surface area contributed by atoms with E-state index in [1.165, 1.54) is 12.1 Å². The molecule has 0 fully saturated rings. The van der Waals surface area contributed by atoms with Gasteiger partial charge in [-0.1, -0.05) is 12.1 Å². The third kappa shape index (κ3) is 3.51. The van der Waals surface area contributed by atoms with Crippen molar-refractivity contribution in [3.8, 4) is 0 Å². The minimum Gasteiger partial charge on any atom is -0.451 e. The van der Waals surface area contributed by atoms with Crippen molar-refractivity contribution >= 4 is 23.5 Å². The molecule has 7 heteroatoms. The van der Waals surface area contributed by atoms with Crippen LogP contribution in [0, 0.1) is 0 Å². The number of primary amides is 1. The molecule has 1 aromatic heterocycles. The van der Waals surface area contributed by atoms with Crippen molar-refractivity contribution in [2.75, 3.05) is 11.9 Å². The third-order valence-electron chi connectivity index (χ3n) is 2.95. The molecule has 22 heavy (non-hydrogen) atoms. The van der Waals surface area contributed by atoms with E-state index in [1.54, 1.807) is 42.1 Å².